The Kier molecular flexibility index (Phi) is 5.22. The third kappa shape index (κ3) is 3.81. The van der Waals surface area contributed by atoms with Crippen molar-refractivity contribution in [2.75, 3.05) is 19.6 Å². The lowest BCUT2D eigenvalue weighted by atomic mass is 9.99. The largest absolute Gasteiger partial charge is 0.312 e. The standard InChI is InChI=1S/C15H26N2S/c1-4-16-10-15-9-14(13(3)18-15)11-17-7-5-12(2)6-8-17/h9,12,16H,4-8,10-11H2,1-3H3. The van der Waals surface area contributed by atoms with Gasteiger partial charge in [-0.1, -0.05) is 13.8 Å². The van der Waals surface area contributed by atoms with Gasteiger partial charge in [0.25, 0.3) is 0 Å². The van der Waals surface area contributed by atoms with Crippen LogP contribution in [0.15, 0.2) is 6.07 Å². The third-order valence-corrected chi connectivity index (χ3v) is 4.98. The van der Waals surface area contributed by atoms with E-state index in [1.54, 1.807) is 5.56 Å². The highest BCUT2D eigenvalue weighted by Crippen LogP contribution is 2.25. The number of nitrogens with one attached hydrogen (secondary N) is 1. The Bertz CT molecular complexity index is 365. The van der Waals surface area contributed by atoms with Crippen LogP contribution in [0.25, 0.3) is 0 Å². The van der Waals surface area contributed by atoms with Crippen LogP contribution >= 0.6 is 11.3 Å². The Morgan fingerprint density at radius 3 is 2.78 bits per heavy atom. The fraction of sp³-hybridized carbons (Fsp3) is 0.733. The molecule has 0 spiro atoms. The summed E-state index contributed by atoms with van der Waals surface area (Å²) in [6.07, 6.45) is 2.74. The van der Waals surface area contributed by atoms with Crippen molar-refractivity contribution in [1.29, 1.82) is 0 Å². The highest BCUT2D eigenvalue weighted by Gasteiger charge is 2.17. The number of rotatable bonds is 5. The van der Waals surface area contributed by atoms with Crippen LogP contribution in [0.3, 0.4) is 0 Å². The summed E-state index contributed by atoms with van der Waals surface area (Å²) in [5.41, 5.74) is 1.54. The topological polar surface area (TPSA) is 15.3 Å². The Labute approximate surface area is 115 Å². The van der Waals surface area contributed by atoms with Crippen molar-refractivity contribution in [2.45, 2.75) is 46.7 Å². The van der Waals surface area contributed by atoms with Crippen molar-refractivity contribution in [2.24, 2.45) is 5.92 Å². The van der Waals surface area contributed by atoms with Gasteiger partial charge in [0.05, 0.1) is 0 Å². The van der Waals surface area contributed by atoms with E-state index in [9.17, 15) is 0 Å². The second kappa shape index (κ2) is 6.69. The van der Waals surface area contributed by atoms with Crippen LogP contribution in [0.4, 0.5) is 0 Å². The maximum absolute atomic E-state index is 3.41. The predicted octanol–water partition coefficient (Wildman–Crippen LogP) is 3.40. The Balaban J connectivity index is 1.90. The van der Waals surface area contributed by atoms with Crippen LogP contribution < -0.4 is 5.32 Å². The van der Waals surface area contributed by atoms with Gasteiger partial charge in [0.2, 0.25) is 0 Å². The lowest BCUT2D eigenvalue weighted by molar-refractivity contribution is 0.185. The molecule has 1 aromatic heterocycles. The molecule has 18 heavy (non-hydrogen) atoms. The van der Waals surface area contributed by atoms with E-state index >= 15 is 0 Å². The highest BCUT2D eigenvalue weighted by molar-refractivity contribution is 7.12. The molecule has 2 rings (SSSR count). The van der Waals surface area contributed by atoms with E-state index < -0.39 is 0 Å². The van der Waals surface area contributed by atoms with Gasteiger partial charge in [-0.25, -0.2) is 0 Å². The summed E-state index contributed by atoms with van der Waals surface area (Å²) >= 11 is 1.95. The summed E-state index contributed by atoms with van der Waals surface area (Å²) in [5.74, 6) is 0.925. The SMILES string of the molecule is CCNCc1cc(CN2CCC(C)CC2)c(C)s1. The van der Waals surface area contributed by atoms with Gasteiger partial charge in [0.1, 0.15) is 0 Å². The molecule has 2 nitrogen and oxygen atoms in total. The first-order valence-corrected chi connectivity index (χ1v) is 8.02. The minimum absolute atomic E-state index is 0.925. The van der Waals surface area contributed by atoms with Crippen molar-refractivity contribution in [3.8, 4) is 0 Å². The molecule has 0 atom stereocenters. The first-order chi connectivity index (χ1) is 8.69. The molecule has 2 heterocycles. The maximum Gasteiger partial charge on any atom is 0.0299 e. The van der Waals surface area contributed by atoms with Crippen molar-refractivity contribution in [3.63, 3.8) is 0 Å². The minimum Gasteiger partial charge on any atom is -0.312 e. The molecule has 1 aliphatic rings. The Morgan fingerprint density at radius 1 is 1.39 bits per heavy atom. The summed E-state index contributed by atoms with van der Waals surface area (Å²) in [5, 5.41) is 3.41. The van der Waals surface area contributed by atoms with Crippen LogP contribution in [0.2, 0.25) is 0 Å². The number of likely N-dealkylation sites (tertiary alicyclic amines) is 1. The number of nitrogens with zero attached hydrogens (tertiary/aromatic N) is 1. The molecule has 0 bridgehead atoms. The van der Waals surface area contributed by atoms with E-state index in [1.165, 1.54) is 35.7 Å². The molecule has 102 valence electrons. The number of aryl methyl sites for hydroxylation is 1. The lowest BCUT2D eigenvalue weighted by Crippen LogP contribution is -2.32. The van der Waals surface area contributed by atoms with E-state index in [4.69, 9.17) is 0 Å². The molecule has 1 fully saturated rings. The molecule has 0 saturated carbocycles. The van der Waals surface area contributed by atoms with Gasteiger partial charge < -0.3 is 5.32 Å². The van der Waals surface area contributed by atoms with Crippen molar-refractivity contribution in [1.82, 2.24) is 10.2 Å². The molecule has 1 aliphatic heterocycles. The Morgan fingerprint density at radius 2 is 2.11 bits per heavy atom. The van der Waals surface area contributed by atoms with E-state index in [2.05, 4.69) is 37.1 Å². The zero-order valence-corrected chi connectivity index (χ0v) is 12.8. The van der Waals surface area contributed by atoms with E-state index in [1.807, 2.05) is 11.3 Å². The summed E-state index contributed by atoms with van der Waals surface area (Å²) in [6.45, 7) is 12.6. The molecule has 1 aromatic rings. The van der Waals surface area contributed by atoms with Crippen LogP contribution in [-0.2, 0) is 13.1 Å². The molecule has 1 N–H and O–H groups in total. The predicted molar refractivity (Wildman–Crippen MR) is 80.1 cm³/mol. The van der Waals surface area contributed by atoms with Crippen LogP contribution in [0.1, 0.15) is 42.0 Å². The van der Waals surface area contributed by atoms with Gasteiger partial charge in [-0.05, 0) is 56.9 Å². The fourth-order valence-corrected chi connectivity index (χ4v) is 3.56. The normalized spacial score (nSPS) is 18.4. The van der Waals surface area contributed by atoms with E-state index in [0.29, 0.717) is 0 Å². The second-order valence-corrected chi connectivity index (χ2v) is 6.87. The molecule has 3 heteroatoms. The van der Waals surface area contributed by atoms with Crippen LogP contribution in [-0.4, -0.2) is 24.5 Å². The van der Waals surface area contributed by atoms with Gasteiger partial charge in [-0.2, -0.15) is 0 Å². The van der Waals surface area contributed by atoms with E-state index in [-0.39, 0.29) is 0 Å². The number of hydrogen-bond donors (Lipinski definition) is 1. The zero-order chi connectivity index (χ0) is 13.0. The highest BCUT2D eigenvalue weighted by atomic mass is 32.1. The van der Waals surface area contributed by atoms with Crippen LogP contribution in [0, 0.1) is 12.8 Å². The summed E-state index contributed by atoms with van der Waals surface area (Å²) in [7, 11) is 0. The van der Waals surface area contributed by atoms with Gasteiger partial charge >= 0.3 is 0 Å². The number of thiophene rings is 1. The molecule has 1 saturated heterocycles. The molecule has 0 unspecified atom stereocenters. The molecule has 0 radical (unpaired) electrons. The van der Waals surface area contributed by atoms with Crippen molar-refractivity contribution < 1.29 is 0 Å². The second-order valence-electron chi connectivity index (χ2n) is 5.53. The van der Waals surface area contributed by atoms with Gasteiger partial charge in [0, 0.05) is 22.8 Å². The first-order valence-electron chi connectivity index (χ1n) is 7.20. The first kappa shape index (κ1) is 14.0. The lowest BCUT2D eigenvalue weighted by Gasteiger charge is -2.30. The number of piperidine rings is 1. The molecular formula is C15H26N2S. The van der Waals surface area contributed by atoms with Crippen LogP contribution in [0.5, 0.6) is 0 Å². The maximum atomic E-state index is 3.41. The smallest absolute Gasteiger partial charge is 0.0299 e. The summed E-state index contributed by atoms with van der Waals surface area (Å²) in [4.78, 5) is 5.60. The van der Waals surface area contributed by atoms with Gasteiger partial charge in [-0.15, -0.1) is 11.3 Å². The van der Waals surface area contributed by atoms with Gasteiger partial charge in [-0.3, -0.25) is 4.90 Å². The average molecular weight is 266 g/mol. The molecule has 0 aliphatic carbocycles. The quantitative estimate of drug-likeness (QED) is 0.879. The summed E-state index contributed by atoms with van der Waals surface area (Å²) < 4.78 is 0. The van der Waals surface area contributed by atoms with Crippen molar-refractivity contribution >= 4 is 11.3 Å². The molecular weight excluding hydrogens is 240 g/mol. The third-order valence-electron chi connectivity index (χ3n) is 3.89. The monoisotopic (exact) mass is 266 g/mol. The Hall–Kier alpha value is -0.380. The number of hydrogen-bond acceptors (Lipinski definition) is 3. The molecule has 0 amide bonds. The van der Waals surface area contributed by atoms with E-state index in [0.717, 1.165) is 25.6 Å². The molecule has 0 aromatic carbocycles. The average Bonchev–Trinajstić information content (AvgIpc) is 2.70. The minimum atomic E-state index is 0.925. The van der Waals surface area contributed by atoms with Gasteiger partial charge in [0.15, 0.2) is 0 Å². The zero-order valence-electron chi connectivity index (χ0n) is 12.0. The van der Waals surface area contributed by atoms with Crippen molar-refractivity contribution in [3.05, 3.63) is 21.4 Å². The fourth-order valence-electron chi connectivity index (χ4n) is 2.54. The summed E-state index contributed by atoms with van der Waals surface area (Å²) in [6, 6.07) is 2.40.